The van der Waals surface area contributed by atoms with Gasteiger partial charge >= 0.3 is 0 Å². The molecule has 19 heavy (non-hydrogen) atoms. The average molecular weight is 325 g/mol. The zero-order chi connectivity index (χ0) is 13.8. The normalized spacial score (nSPS) is 17.7. The second kappa shape index (κ2) is 6.76. The molecule has 1 atom stereocenters. The van der Waals surface area contributed by atoms with Gasteiger partial charge in [-0.25, -0.2) is 0 Å². The number of hydrogen-bond acceptors (Lipinski definition) is 2. The fraction of sp³-hybridized carbons (Fsp3) is 0.625. The lowest BCUT2D eigenvalue weighted by molar-refractivity contribution is 0.597. The molecule has 1 N–H and O–H groups in total. The van der Waals surface area contributed by atoms with Crippen molar-refractivity contribution in [3.8, 4) is 0 Å². The topological polar surface area (TPSA) is 15.3 Å². The average Bonchev–Trinajstić information content (AvgIpc) is 2.92. The highest BCUT2D eigenvalue weighted by atomic mass is 79.9. The number of nitrogens with one attached hydrogen (secondary N) is 1. The standard InChI is InChI=1S/C16H25BrN2/c1-4-18-12(2)13-9-10-16(15(17)11-13)19(3)14-7-5-6-8-14/h9-12,14,18H,4-8H2,1-3H3. The molecule has 0 saturated heterocycles. The van der Waals surface area contributed by atoms with E-state index in [-0.39, 0.29) is 0 Å². The van der Waals surface area contributed by atoms with Gasteiger partial charge in [0, 0.05) is 23.6 Å². The molecule has 1 aliphatic carbocycles. The van der Waals surface area contributed by atoms with Crippen LogP contribution in [0, 0.1) is 0 Å². The summed E-state index contributed by atoms with van der Waals surface area (Å²) in [5, 5.41) is 3.46. The zero-order valence-corrected chi connectivity index (χ0v) is 13.8. The largest absolute Gasteiger partial charge is 0.371 e. The van der Waals surface area contributed by atoms with Gasteiger partial charge in [-0.2, -0.15) is 0 Å². The molecule has 3 heteroatoms. The summed E-state index contributed by atoms with van der Waals surface area (Å²) < 4.78 is 1.21. The molecule has 1 aromatic carbocycles. The van der Waals surface area contributed by atoms with Crippen LogP contribution in [-0.4, -0.2) is 19.6 Å². The van der Waals surface area contributed by atoms with E-state index in [9.17, 15) is 0 Å². The third-order valence-corrected chi connectivity index (χ3v) is 4.87. The molecule has 1 fully saturated rings. The first-order chi connectivity index (χ1) is 9.13. The number of benzene rings is 1. The van der Waals surface area contributed by atoms with Gasteiger partial charge in [-0.3, -0.25) is 0 Å². The third-order valence-electron chi connectivity index (χ3n) is 4.23. The van der Waals surface area contributed by atoms with Crippen molar-refractivity contribution in [3.05, 3.63) is 28.2 Å². The second-order valence-corrected chi connectivity index (χ2v) is 6.39. The molecule has 0 radical (unpaired) electrons. The lowest BCUT2D eigenvalue weighted by atomic mass is 10.1. The summed E-state index contributed by atoms with van der Waals surface area (Å²) in [6, 6.07) is 7.89. The van der Waals surface area contributed by atoms with Crippen molar-refractivity contribution in [2.45, 2.75) is 51.6 Å². The number of anilines is 1. The molecule has 0 spiro atoms. The van der Waals surface area contributed by atoms with Crippen LogP contribution in [0.25, 0.3) is 0 Å². The van der Waals surface area contributed by atoms with Gasteiger partial charge in [-0.05, 0) is 59.9 Å². The van der Waals surface area contributed by atoms with E-state index in [1.165, 1.54) is 41.4 Å². The van der Waals surface area contributed by atoms with Crippen molar-refractivity contribution < 1.29 is 0 Å². The van der Waals surface area contributed by atoms with Crippen LogP contribution < -0.4 is 10.2 Å². The molecule has 0 bridgehead atoms. The Labute approximate surface area is 125 Å². The summed E-state index contributed by atoms with van der Waals surface area (Å²) in [6.45, 7) is 5.36. The van der Waals surface area contributed by atoms with Crippen LogP contribution in [0.1, 0.15) is 51.1 Å². The van der Waals surface area contributed by atoms with E-state index >= 15 is 0 Å². The summed E-state index contributed by atoms with van der Waals surface area (Å²) in [7, 11) is 2.23. The van der Waals surface area contributed by atoms with E-state index in [1.807, 2.05) is 0 Å². The lowest BCUT2D eigenvalue weighted by Gasteiger charge is -2.28. The van der Waals surface area contributed by atoms with Gasteiger partial charge in [-0.15, -0.1) is 0 Å². The fourth-order valence-corrected chi connectivity index (χ4v) is 3.67. The van der Waals surface area contributed by atoms with Crippen LogP contribution in [0.2, 0.25) is 0 Å². The highest BCUT2D eigenvalue weighted by molar-refractivity contribution is 9.10. The quantitative estimate of drug-likeness (QED) is 0.857. The minimum Gasteiger partial charge on any atom is -0.371 e. The zero-order valence-electron chi connectivity index (χ0n) is 12.2. The predicted molar refractivity (Wildman–Crippen MR) is 86.9 cm³/mol. The molecule has 1 aliphatic rings. The van der Waals surface area contributed by atoms with Crippen molar-refractivity contribution in [3.63, 3.8) is 0 Å². The Hall–Kier alpha value is -0.540. The Balaban J connectivity index is 2.14. The summed E-state index contributed by atoms with van der Waals surface area (Å²) in [6.07, 6.45) is 5.42. The van der Waals surface area contributed by atoms with Crippen LogP contribution in [0.5, 0.6) is 0 Å². The van der Waals surface area contributed by atoms with E-state index in [4.69, 9.17) is 0 Å². The van der Waals surface area contributed by atoms with Crippen LogP contribution in [0.4, 0.5) is 5.69 Å². The molecule has 1 aromatic rings. The second-order valence-electron chi connectivity index (χ2n) is 5.54. The molecule has 1 saturated carbocycles. The maximum atomic E-state index is 3.74. The van der Waals surface area contributed by atoms with Crippen molar-refractivity contribution in [1.82, 2.24) is 5.32 Å². The molecule has 106 valence electrons. The van der Waals surface area contributed by atoms with E-state index < -0.39 is 0 Å². The van der Waals surface area contributed by atoms with Crippen LogP contribution in [-0.2, 0) is 0 Å². The minimum absolute atomic E-state index is 0.409. The lowest BCUT2D eigenvalue weighted by Crippen LogP contribution is -2.29. The number of rotatable bonds is 5. The van der Waals surface area contributed by atoms with Crippen molar-refractivity contribution in [1.29, 1.82) is 0 Å². The molecule has 0 heterocycles. The van der Waals surface area contributed by atoms with Crippen LogP contribution >= 0.6 is 15.9 Å². The Morgan fingerprint density at radius 3 is 2.63 bits per heavy atom. The smallest absolute Gasteiger partial charge is 0.0510 e. The summed E-state index contributed by atoms with van der Waals surface area (Å²) in [5.41, 5.74) is 2.66. The Bertz CT molecular complexity index is 413. The summed E-state index contributed by atoms with van der Waals surface area (Å²) in [4.78, 5) is 2.44. The monoisotopic (exact) mass is 324 g/mol. The summed E-state index contributed by atoms with van der Waals surface area (Å²) >= 11 is 3.74. The van der Waals surface area contributed by atoms with Crippen molar-refractivity contribution >= 4 is 21.6 Å². The predicted octanol–water partition coefficient (Wildman–Crippen LogP) is 4.50. The molecule has 2 rings (SSSR count). The van der Waals surface area contributed by atoms with Gasteiger partial charge in [0.05, 0.1) is 5.69 Å². The van der Waals surface area contributed by atoms with E-state index in [0.29, 0.717) is 12.1 Å². The minimum atomic E-state index is 0.409. The number of halogens is 1. The van der Waals surface area contributed by atoms with Gasteiger partial charge in [0.15, 0.2) is 0 Å². The van der Waals surface area contributed by atoms with Gasteiger partial charge in [0.2, 0.25) is 0 Å². The van der Waals surface area contributed by atoms with Crippen LogP contribution in [0.3, 0.4) is 0 Å². The first-order valence-corrected chi connectivity index (χ1v) is 8.18. The highest BCUT2D eigenvalue weighted by Crippen LogP contribution is 2.33. The fourth-order valence-electron chi connectivity index (χ4n) is 2.99. The maximum absolute atomic E-state index is 3.74. The first-order valence-electron chi connectivity index (χ1n) is 7.39. The van der Waals surface area contributed by atoms with Gasteiger partial charge in [-0.1, -0.05) is 25.8 Å². The molecule has 1 unspecified atom stereocenters. The molecular weight excluding hydrogens is 300 g/mol. The molecule has 0 aliphatic heterocycles. The third kappa shape index (κ3) is 3.51. The molecular formula is C16H25BrN2. The summed E-state index contributed by atoms with van der Waals surface area (Å²) in [5.74, 6) is 0. The molecule has 2 nitrogen and oxygen atoms in total. The van der Waals surface area contributed by atoms with Gasteiger partial charge in [0.25, 0.3) is 0 Å². The number of nitrogens with zero attached hydrogens (tertiary/aromatic N) is 1. The maximum Gasteiger partial charge on any atom is 0.0510 e. The van der Waals surface area contributed by atoms with Crippen LogP contribution in [0.15, 0.2) is 22.7 Å². The van der Waals surface area contributed by atoms with Crippen molar-refractivity contribution in [2.24, 2.45) is 0 Å². The van der Waals surface area contributed by atoms with Gasteiger partial charge < -0.3 is 10.2 Å². The highest BCUT2D eigenvalue weighted by Gasteiger charge is 2.21. The van der Waals surface area contributed by atoms with E-state index in [0.717, 1.165) is 6.54 Å². The molecule has 0 amide bonds. The van der Waals surface area contributed by atoms with E-state index in [1.54, 1.807) is 0 Å². The van der Waals surface area contributed by atoms with Gasteiger partial charge in [0.1, 0.15) is 0 Å². The Kier molecular flexibility index (Phi) is 5.28. The SMILES string of the molecule is CCNC(C)c1ccc(N(C)C2CCCC2)c(Br)c1. The molecule has 0 aromatic heterocycles. The Morgan fingerprint density at radius 1 is 1.37 bits per heavy atom. The Morgan fingerprint density at radius 2 is 2.05 bits per heavy atom. The first kappa shape index (κ1) is 14.9. The van der Waals surface area contributed by atoms with E-state index in [2.05, 4.69) is 65.2 Å². The number of hydrogen-bond donors (Lipinski definition) is 1. The van der Waals surface area contributed by atoms with Crippen molar-refractivity contribution in [2.75, 3.05) is 18.5 Å².